The lowest BCUT2D eigenvalue weighted by atomic mass is 10.1. The summed E-state index contributed by atoms with van der Waals surface area (Å²) in [4.78, 5) is 0. The molecule has 0 saturated heterocycles. The molecule has 110 valence electrons. The van der Waals surface area contributed by atoms with Crippen LogP contribution in [-0.2, 0) is 6.42 Å². The number of aryl methyl sites for hydroxylation is 1. The largest absolute Gasteiger partial charge is 0.332 e. The van der Waals surface area contributed by atoms with Crippen LogP contribution in [0.4, 0.5) is 11.4 Å². The maximum atomic E-state index is 6.12. The molecule has 21 heavy (non-hydrogen) atoms. The van der Waals surface area contributed by atoms with Crippen LogP contribution in [-0.4, -0.2) is 5.11 Å². The van der Waals surface area contributed by atoms with Crippen molar-refractivity contribution in [2.45, 2.75) is 26.2 Å². The highest BCUT2D eigenvalue weighted by Crippen LogP contribution is 2.22. The molecule has 2 nitrogen and oxygen atoms in total. The number of benzene rings is 2. The van der Waals surface area contributed by atoms with Gasteiger partial charge < -0.3 is 10.6 Å². The first-order valence-corrected chi connectivity index (χ1v) is 7.89. The molecule has 2 aromatic carbocycles. The molecule has 0 amide bonds. The Kier molecular flexibility index (Phi) is 6.03. The maximum absolute atomic E-state index is 6.12. The first-order valence-electron chi connectivity index (χ1n) is 7.11. The van der Waals surface area contributed by atoms with Crippen molar-refractivity contribution < 1.29 is 0 Å². The van der Waals surface area contributed by atoms with Crippen molar-refractivity contribution in [1.29, 1.82) is 0 Å². The fourth-order valence-corrected chi connectivity index (χ4v) is 2.47. The van der Waals surface area contributed by atoms with E-state index in [1.165, 1.54) is 18.4 Å². The van der Waals surface area contributed by atoms with Crippen LogP contribution in [0.1, 0.15) is 25.3 Å². The Morgan fingerprint density at radius 2 is 1.62 bits per heavy atom. The molecule has 2 rings (SSSR count). The molecule has 0 saturated carbocycles. The molecular weight excluding hydrogens is 300 g/mol. The molecule has 0 aliphatic heterocycles. The number of unbranched alkanes of at least 4 members (excludes halogenated alkanes) is 1. The van der Waals surface area contributed by atoms with Gasteiger partial charge in [0.25, 0.3) is 0 Å². The number of anilines is 2. The third kappa shape index (κ3) is 4.73. The lowest BCUT2D eigenvalue weighted by Gasteiger charge is -2.14. The summed E-state index contributed by atoms with van der Waals surface area (Å²) in [5, 5.41) is 7.59. The molecule has 0 aromatic heterocycles. The zero-order valence-electron chi connectivity index (χ0n) is 12.0. The zero-order valence-corrected chi connectivity index (χ0v) is 13.6. The van der Waals surface area contributed by atoms with E-state index in [1.807, 2.05) is 36.4 Å². The van der Waals surface area contributed by atoms with Gasteiger partial charge in [0.15, 0.2) is 5.11 Å². The van der Waals surface area contributed by atoms with Crippen molar-refractivity contribution in [2.24, 2.45) is 0 Å². The Labute approximate surface area is 136 Å². The van der Waals surface area contributed by atoms with Gasteiger partial charge >= 0.3 is 0 Å². The highest BCUT2D eigenvalue weighted by molar-refractivity contribution is 7.80. The van der Waals surface area contributed by atoms with Crippen LogP contribution in [0.2, 0.25) is 5.02 Å². The summed E-state index contributed by atoms with van der Waals surface area (Å²) in [6.45, 7) is 2.19. The van der Waals surface area contributed by atoms with Gasteiger partial charge in [-0.2, -0.15) is 0 Å². The Morgan fingerprint density at radius 1 is 1.00 bits per heavy atom. The maximum Gasteiger partial charge on any atom is 0.175 e. The van der Waals surface area contributed by atoms with Crippen LogP contribution in [0.5, 0.6) is 0 Å². The Morgan fingerprint density at radius 3 is 2.33 bits per heavy atom. The normalized spacial score (nSPS) is 10.2. The van der Waals surface area contributed by atoms with Crippen LogP contribution < -0.4 is 10.6 Å². The summed E-state index contributed by atoms with van der Waals surface area (Å²) < 4.78 is 0. The van der Waals surface area contributed by atoms with E-state index in [2.05, 4.69) is 29.7 Å². The third-order valence-corrected chi connectivity index (χ3v) is 3.72. The Bertz CT molecular complexity index is 613. The van der Waals surface area contributed by atoms with Gasteiger partial charge in [-0.1, -0.05) is 55.3 Å². The molecule has 2 N–H and O–H groups in total. The summed E-state index contributed by atoms with van der Waals surface area (Å²) in [6, 6.07) is 15.8. The van der Waals surface area contributed by atoms with E-state index in [0.717, 1.165) is 17.8 Å². The zero-order chi connectivity index (χ0) is 15.1. The number of nitrogens with one attached hydrogen (secondary N) is 2. The lowest BCUT2D eigenvalue weighted by Crippen LogP contribution is -2.20. The van der Waals surface area contributed by atoms with Crippen LogP contribution >= 0.6 is 23.8 Å². The molecule has 0 aliphatic rings. The monoisotopic (exact) mass is 318 g/mol. The third-order valence-electron chi connectivity index (χ3n) is 3.19. The number of hydrogen-bond acceptors (Lipinski definition) is 1. The van der Waals surface area contributed by atoms with Crippen LogP contribution in [0, 0.1) is 0 Å². The van der Waals surface area contributed by atoms with Crippen LogP contribution in [0.3, 0.4) is 0 Å². The number of halogens is 1. The molecular formula is C17H19ClN2S. The molecule has 0 fully saturated rings. The molecule has 0 atom stereocenters. The minimum Gasteiger partial charge on any atom is -0.332 e. The van der Waals surface area contributed by atoms with Crippen molar-refractivity contribution >= 4 is 40.3 Å². The second kappa shape index (κ2) is 8.01. The highest BCUT2D eigenvalue weighted by atomic mass is 35.5. The van der Waals surface area contributed by atoms with Gasteiger partial charge in [-0.05, 0) is 48.8 Å². The molecule has 0 aliphatic carbocycles. The van der Waals surface area contributed by atoms with Crippen molar-refractivity contribution in [1.82, 2.24) is 0 Å². The predicted octanol–water partition coefficient (Wildman–Crippen LogP) is 5.49. The number of hydrogen-bond donors (Lipinski definition) is 2. The van der Waals surface area contributed by atoms with E-state index in [0.29, 0.717) is 10.1 Å². The van der Waals surface area contributed by atoms with E-state index in [-0.39, 0.29) is 0 Å². The minimum absolute atomic E-state index is 0.548. The molecule has 4 heteroatoms. The van der Waals surface area contributed by atoms with Gasteiger partial charge in [0, 0.05) is 5.69 Å². The first kappa shape index (κ1) is 15.8. The van der Waals surface area contributed by atoms with Crippen LogP contribution in [0.25, 0.3) is 0 Å². The molecule has 0 heterocycles. The number of rotatable bonds is 5. The fourth-order valence-electron chi connectivity index (χ4n) is 2.07. The van der Waals surface area contributed by atoms with Gasteiger partial charge in [0.2, 0.25) is 0 Å². The van der Waals surface area contributed by atoms with Gasteiger partial charge in [0.05, 0.1) is 10.7 Å². The molecule has 2 aromatic rings. The fraction of sp³-hybridized carbons (Fsp3) is 0.235. The van der Waals surface area contributed by atoms with Gasteiger partial charge in [-0.15, -0.1) is 0 Å². The quantitative estimate of drug-likeness (QED) is 0.713. The van der Waals surface area contributed by atoms with Crippen molar-refractivity contribution in [3.05, 3.63) is 59.1 Å². The first-order chi connectivity index (χ1) is 10.2. The second-order valence-corrected chi connectivity index (χ2v) is 5.64. The van der Waals surface area contributed by atoms with E-state index >= 15 is 0 Å². The topological polar surface area (TPSA) is 24.1 Å². The predicted molar refractivity (Wildman–Crippen MR) is 96.3 cm³/mol. The molecule has 0 radical (unpaired) electrons. The highest BCUT2D eigenvalue weighted by Gasteiger charge is 2.05. The van der Waals surface area contributed by atoms with Gasteiger partial charge in [-0.25, -0.2) is 0 Å². The summed E-state index contributed by atoms with van der Waals surface area (Å²) >= 11 is 11.5. The summed E-state index contributed by atoms with van der Waals surface area (Å²) in [6.07, 6.45) is 3.40. The molecule has 0 bridgehead atoms. The molecule has 0 spiro atoms. The van der Waals surface area contributed by atoms with Gasteiger partial charge in [-0.3, -0.25) is 0 Å². The lowest BCUT2D eigenvalue weighted by molar-refractivity contribution is 0.796. The average molecular weight is 319 g/mol. The van der Waals surface area contributed by atoms with E-state index in [4.69, 9.17) is 23.8 Å². The van der Waals surface area contributed by atoms with Crippen molar-refractivity contribution in [3.63, 3.8) is 0 Å². The van der Waals surface area contributed by atoms with E-state index in [1.54, 1.807) is 0 Å². The van der Waals surface area contributed by atoms with Crippen molar-refractivity contribution in [3.8, 4) is 0 Å². The van der Waals surface area contributed by atoms with E-state index < -0.39 is 0 Å². The summed E-state index contributed by atoms with van der Waals surface area (Å²) in [5.74, 6) is 0. The second-order valence-electron chi connectivity index (χ2n) is 4.82. The van der Waals surface area contributed by atoms with E-state index in [9.17, 15) is 0 Å². The molecule has 0 unspecified atom stereocenters. The smallest absolute Gasteiger partial charge is 0.175 e. The van der Waals surface area contributed by atoms with Gasteiger partial charge in [0.1, 0.15) is 0 Å². The average Bonchev–Trinajstić information content (AvgIpc) is 2.49. The summed E-state index contributed by atoms with van der Waals surface area (Å²) in [7, 11) is 0. The van der Waals surface area contributed by atoms with Crippen molar-refractivity contribution in [2.75, 3.05) is 10.6 Å². The minimum atomic E-state index is 0.548. The Hall–Kier alpha value is -1.58. The number of para-hydroxylation sites is 2. The van der Waals surface area contributed by atoms with Crippen LogP contribution in [0.15, 0.2) is 48.5 Å². The standard InChI is InChI=1S/C17H19ClN2S/c1-2-3-8-13-9-4-6-11-15(13)19-17(21)20-16-12-7-5-10-14(16)18/h4-7,9-12H,2-3,8H2,1H3,(H2,19,20,21). The SMILES string of the molecule is CCCCc1ccccc1NC(=S)Nc1ccccc1Cl. The summed E-state index contributed by atoms with van der Waals surface area (Å²) in [5.41, 5.74) is 3.14. The Balaban J connectivity index is 2.04. The number of thiocarbonyl (C=S) groups is 1.